The molecule has 2 fully saturated rings. The lowest BCUT2D eigenvalue weighted by Crippen LogP contribution is -2.46. The summed E-state index contributed by atoms with van der Waals surface area (Å²) in [6.07, 6.45) is 4.52. The first-order chi connectivity index (χ1) is 13.4. The summed E-state index contributed by atoms with van der Waals surface area (Å²) in [7, 11) is -0.508. The van der Waals surface area contributed by atoms with E-state index in [1.807, 2.05) is 48.5 Å². The molecule has 0 spiro atoms. The Kier molecular flexibility index (Phi) is 5.84. The number of likely N-dealkylation sites (tertiary alicyclic amines) is 1. The van der Waals surface area contributed by atoms with E-state index in [0.29, 0.717) is 13.1 Å². The van der Waals surface area contributed by atoms with E-state index in [1.54, 1.807) is 17.3 Å². The summed E-state index contributed by atoms with van der Waals surface area (Å²) >= 11 is 0. The van der Waals surface area contributed by atoms with Crippen LogP contribution in [-0.2, 0) is 14.0 Å². The fourth-order valence-corrected chi connectivity index (χ4v) is 3.16. The molecule has 3 heterocycles. The summed E-state index contributed by atoms with van der Waals surface area (Å²) in [5.41, 5.74) is -0.604. The summed E-state index contributed by atoms with van der Waals surface area (Å²) in [5.74, 6) is 0. The van der Waals surface area contributed by atoms with Crippen LogP contribution in [0.15, 0.2) is 12.4 Å². The molecule has 9 heteroatoms. The van der Waals surface area contributed by atoms with E-state index >= 15 is 0 Å². The Morgan fingerprint density at radius 3 is 2.31 bits per heavy atom. The third-order valence-electron chi connectivity index (χ3n) is 5.48. The molecule has 1 amide bonds. The van der Waals surface area contributed by atoms with Crippen LogP contribution in [0.2, 0.25) is 0 Å². The maximum Gasteiger partial charge on any atom is 0.498 e. The van der Waals surface area contributed by atoms with Crippen molar-refractivity contribution in [1.82, 2.24) is 14.9 Å². The Bertz CT molecular complexity index is 717. The van der Waals surface area contributed by atoms with Crippen molar-refractivity contribution in [3.05, 3.63) is 12.4 Å². The van der Waals surface area contributed by atoms with Gasteiger partial charge in [-0.15, -0.1) is 0 Å². The highest BCUT2D eigenvalue weighted by atomic mass is 16.7. The van der Waals surface area contributed by atoms with Crippen molar-refractivity contribution in [2.45, 2.75) is 84.2 Å². The maximum atomic E-state index is 12.3. The molecule has 8 nitrogen and oxygen atoms in total. The lowest BCUT2D eigenvalue weighted by Gasteiger charge is -2.33. The van der Waals surface area contributed by atoms with Crippen LogP contribution in [0.3, 0.4) is 0 Å². The molecular weight excluding hydrogens is 373 g/mol. The Morgan fingerprint density at radius 2 is 1.76 bits per heavy atom. The van der Waals surface area contributed by atoms with Crippen molar-refractivity contribution in [2.24, 2.45) is 0 Å². The van der Waals surface area contributed by atoms with E-state index in [1.165, 1.54) is 0 Å². The van der Waals surface area contributed by atoms with Gasteiger partial charge in [-0.2, -0.15) is 0 Å². The van der Waals surface area contributed by atoms with Crippen molar-refractivity contribution in [3.63, 3.8) is 0 Å². The van der Waals surface area contributed by atoms with Gasteiger partial charge in [-0.1, -0.05) is 0 Å². The van der Waals surface area contributed by atoms with Crippen molar-refractivity contribution < 1.29 is 23.6 Å². The molecule has 0 saturated carbocycles. The molecule has 3 rings (SSSR count). The smallest absolute Gasteiger partial charge is 0.458 e. The highest BCUT2D eigenvalue weighted by Crippen LogP contribution is 2.36. The number of carbonyl (C=O) groups is 1. The molecular formula is C20H32BN3O5. The average molecular weight is 405 g/mol. The lowest BCUT2D eigenvalue weighted by molar-refractivity contribution is 0.00578. The number of ether oxygens (including phenoxy) is 2. The van der Waals surface area contributed by atoms with Crippen LogP contribution < -0.4 is 10.2 Å². The zero-order valence-corrected chi connectivity index (χ0v) is 18.5. The fourth-order valence-electron chi connectivity index (χ4n) is 3.16. The van der Waals surface area contributed by atoms with Gasteiger partial charge in [0.05, 0.1) is 17.7 Å². The highest BCUT2D eigenvalue weighted by Gasteiger charge is 2.52. The molecule has 0 bridgehead atoms. The zero-order valence-electron chi connectivity index (χ0n) is 18.5. The summed E-state index contributed by atoms with van der Waals surface area (Å²) in [6, 6.07) is 0.279. The molecule has 0 aliphatic carbocycles. The first-order valence-corrected chi connectivity index (χ1v) is 10.2. The first-order valence-electron chi connectivity index (χ1n) is 10.2. The third kappa shape index (κ3) is 5.19. The summed E-state index contributed by atoms with van der Waals surface area (Å²) in [5, 5.41) is 0. The predicted octanol–water partition coefficient (Wildman–Crippen LogP) is 2.55. The van der Waals surface area contributed by atoms with Gasteiger partial charge in [-0.05, 0) is 61.3 Å². The Morgan fingerprint density at radius 1 is 1.17 bits per heavy atom. The Labute approximate surface area is 173 Å². The van der Waals surface area contributed by atoms with E-state index < -0.39 is 23.9 Å². The second kappa shape index (κ2) is 7.76. The minimum absolute atomic E-state index is 0.168. The molecule has 1 atom stereocenters. The number of nitrogens with zero attached hydrogens (tertiary/aromatic N) is 3. The maximum absolute atomic E-state index is 12.3. The number of amides is 1. The number of aromatic nitrogens is 2. The average Bonchev–Trinajstić information content (AvgIpc) is 2.82. The molecule has 160 valence electrons. The van der Waals surface area contributed by atoms with Crippen LogP contribution in [0.1, 0.15) is 61.3 Å². The van der Waals surface area contributed by atoms with E-state index in [9.17, 15) is 4.79 Å². The third-order valence-corrected chi connectivity index (χ3v) is 5.48. The molecule has 2 saturated heterocycles. The van der Waals surface area contributed by atoms with Crippen molar-refractivity contribution in [2.75, 3.05) is 13.1 Å². The molecule has 1 aromatic heterocycles. The van der Waals surface area contributed by atoms with Gasteiger partial charge in [0.2, 0.25) is 0 Å². The van der Waals surface area contributed by atoms with Gasteiger partial charge < -0.3 is 23.7 Å². The molecule has 2 aliphatic rings. The summed E-state index contributed by atoms with van der Waals surface area (Å²) < 4.78 is 23.4. The van der Waals surface area contributed by atoms with E-state index in [2.05, 4.69) is 9.97 Å². The predicted molar refractivity (Wildman–Crippen MR) is 109 cm³/mol. The van der Waals surface area contributed by atoms with Crippen LogP contribution >= 0.6 is 0 Å². The second-order valence-corrected chi connectivity index (χ2v) is 9.70. The van der Waals surface area contributed by atoms with E-state index in [-0.39, 0.29) is 18.2 Å². The van der Waals surface area contributed by atoms with Crippen LogP contribution in [0.5, 0.6) is 6.01 Å². The van der Waals surface area contributed by atoms with Crippen molar-refractivity contribution >= 4 is 18.7 Å². The van der Waals surface area contributed by atoms with E-state index in [4.69, 9.17) is 18.8 Å². The largest absolute Gasteiger partial charge is 0.498 e. The van der Waals surface area contributed by atoms with Gasteiger partial charge in [0.25, 0.3) is 0 Å². The molecule has 0 N–H and O–H groups in total. The fraction of sp³-hybridized carbons (Fsp3) is 0.750. The second-order valence-electron chi connectivity index (χ2n) is 9.70. The lowest BCUT2D eigenvalue weighted by atomic mass is 9.81. The van der Waals surface area contributed by atoms with Crippen LogP contribution in [0.25, 0.3) is 0 Å². The molecule has 0 unspecified atom stereocenters. The molecule has 1 aromatic rings. The van der Waals surface area contributed by atoms with Crippen LogP contribution in [0.4, 0.5) is 4.79 Å². The first kappa shape index (κ1) is 21.8. The Hall–Kier alpha value is -1.87. The van der Waals surface area contributed by atoms with E-state index in [0.717, 1.165) is 18.3 Å². The quantitative estimate of drug-likeness (QED) is 0.715. The van der Waals surface area contributed by atoms with Gasteiger partial charge in [-0.3, -0.25) is 0 Å². The molecule has 2 aliphatic heterocycles. The SMILES string of the molecule is CC(C)(C)OC(=O)N1CCC[C@@H](Oc2ncc(B3OC(C)(C)C(C)(C)O3)cn2)C1. The number of hydrogen-bond donors (Lipinski definition) is 0. The van der Waals surface area contributed by atoms with Crippen LogP contribution in [0, 0.1) is 0 Å². The monoisotopic (exact) mass is 405 g/mol. The zero-order chi connectivity index (χ0) is 21.4. The topological polar surface area (TPSA) is 83.0 Å². The van der Waals surface area contributed by atoms with Gasteiger partial charge in [0, 0.05) is 24.4 Å². The number of hydrogen-bond acceptors (Lipinski definition) is 7. The molecule has 29 heavy (non-hydrogen) atoms. The summed E-state index contributed by atoms with van der Waals surface area (Å²) in [4.78, 5) is 22.6. The van der Waals surface area contributed by atoms with Crippen molar-refractivity contribution in [3.8, 4) is 6.01 Å². The van der Waals surface area contributed by atoms with Gasteiger partial charge in [0.15, 0.2) is 0 Å². The molecule has 0 aromatic carbocycles. The minimum atomic E-state index is -0.517. The van der Waals surface area contributed by atoms with Crippen LogP contribution in [-0.4, -0.2) is 64.1 Å². The Balaban J connectivity index is 1.58. The standard InChI is InChI=1S/C20H32BN3O5/c1-18(2,3)27-17(25)24-10-8-9-15(13-24)26-16-22-11-14(12-23-16)21-28-19(4,5)20(6,7)29-21/h11-12,15H,8-10,13H2,1-7H3/t15-/m1/s1. The van der Waals surface area contributed by atoms with Gasteiger partial charge in [-0.25, -0.2) is 14.8 Å². The summed E-state index contributed by atoms with van der Waals surface area (Å²) in [6.45, 7) is 14.7. The molecule has 0 radical (unpaired) electrons. The minimum Gasteiger partial charge on any atom is -0.458 e. The van der Waals surface area contributed by atoms with Gasteiger partial charge in [0.1, 0.15) is 11.7 Å². The van der Waals surface area contributed by atoms with Gasteiger partial charge >= 0.3 is 19.2 Å². The normalized spacial score (nSPS) is 23.8. The number of piperidine rings is 1. The number of rotatable bonds is 3. The number of carbonyl (C=O) groups excluding carboxylic acids is 1. The van der Waals surface area contributed by atoms with Crippen molar-refractivity contribution in [1.29, 1.82) is 0 Å². The highest BCUT2D eigenvalue weighted by molar-refractivity contribution is 6.61.